The Morgan fingerprint density at radius 2 is 2.00 bits per heavy atom. The van der Waals surface area contributed by atoms with Gasteiger partial charge in [-0.3, -0.25) is 4.79 Å². The van der Waals surface area contributed by atoms with E-state index in [-0.39, 0.29) is 5.56 Å². The van der Waals surface area contributed by atoms with Crippen molar-refractivity contribution in [2.75, 3.05) is 5.73 Å². The molecule has 2 rings (SSSR count). The Bertz CT molecular complexity index is 505. The van der Waals surface area contributed by atoms with Gasteiger partial charge in [0.1, 0.15) is 5.82 Å². The number of nitrogens with one attached hydrogen (secondary N) is 1. The maximum Gasteiger partial charge on any atom is 0.266 e. The Balaban J connectivity index is 2.32. The van der Waals surface area contributed by atoms with Crippen LogP contribution in [0.25, 0.3) is 0 Å². The summed E-state index contributed by atoms with van der Waals surface area (Å²) in [4.78, 5) is 17.5. The molecule has 0 aliphatic heterocycles. The van der Waals surface area contributed by atoms with Gasteiger partial charge in [-0.2, -0.15) is 0 Å². The Morgan fingerprint density at radius 1 is 1.27 bits per heavy atom. The lowest BCUT2D eigenvalue weighted by molar-refractivity contribution is 1.01. The number of nitrogens with zero attached hydrogens (tertiary/aromatic N) is 1. The number of aromatic amines is 1. The number of nitrogens with two attached hydrogens (primary N) is 1. The van der Waals surface area contributed by atoms with Crippen LogP contribution in [0.1, 0.15) is 11.3 Å². The van der Waals surface area contributed by atoms with E-state index in [0.717, 1.165) is 5.56 Å². The summed E-state index contributed by atoms with van der Waals surface area (Å²) in [7, 11) is 0. The van der Waals surface area contributed by atoms with Crippen molar-refractivity contribution in [1.82, 2.24) is 9.97 Å². The highest BCUT2D eigenvalue weighted by Gasteiger charge is 2.02. The van der Waals surface area contributed by atoms with E-state index in [1.165, 1.54) is 6.20 Å². The second-order valence-corrected chi connectivity index (χ2v) is 3.27. The molecule has 76 valence electrons. The fourth-order valence-electron chi connectivity index (χ4n) is 1.39. The van der Waals surface area contributed by atoms with Crippen LogP contribution < -0.4 is 11.3 Å². The van der Waals surface area contributed by atoms with E-state index in [2.05, 4.69) is 9.97 Å². The standard InChI is InChI=1S/C11H11N3O/c12-11-9(14-10(15)7-13-11)6-8-4-2-1-3-5-8/h1-5,7H,6H2,(H2,12,13)(H,14,15). The van der Waals surface area contributed by atoms with Gasteiger partial charge in [0.15, 0.2) is 0 Å². The third-order valence-corrected chi connectivity index (χ3v) is 2.13. The van der Waals surface area contributed by atoms with Crippen LogP contribution in [0.2, 0.25) is 0 Å². The molecule has 1 heterocycles. The highest BCUT2D eigenvalue weighted by Crippen LogP contribution is 2.09. The summed E-state index contributed by atoms with van der Waals surface area (Å²) in [5.74, 6) is 0.374. The Labute approximate surface area is 86.8 Å². The van der Waals surface area contributed by atoms with Gasteiger partial charge in [0, 0.05) is 6.42 Å². The topological polar surface area (TPSA) is 71.8 Å². The number of hydrogen-bond donors (Lipinski definition) is 2. The minimum atomic E-state index is -0.227. The molecule has 0 unspecified atom stereocenters. The van der Waals surface area contributed by atoms with Gasteiger partial charge in [-0.25, -0.2) is 4.98 Å². The fraction of sp³-hybridized carbons (Fsp3) is 0.0909. The van der Waals surface area contributed by atoms with Crippen LogP contribution in [-0.4, -0.2) is 9.97 Å². The summed E-state index contributed by atoms with van der Waals surface area (Å²) in [5, 5.41) is 0. The third-order valence-electron chi connectivity index (χ3n) is 2.13. The van der Waals surface area contributed by atoms with Crippen molar-refractivity contribution in [3.05, 3.63) is 58.1 Å². The summed E-state index contributed by atoms with van der Waals surface area (Å²) < 4.78 is 0. The van der Waals surface area contributed by atoms with Crippen molar-refractivity contribution < 1.29 is 0 Å². The molecule has 0 fully saturated rings. The zero-order valence-electron chi connectivity index (χ0n) is 8.10. The summed E-state index contributed by atoms with van der Waals surface area (Å²) in [6, 6.07) is 9.79. The average Bonchev–Trinajstić information content (AvgIpc) is 2.25. The molecular formula is C11H11N3O. The second kappa shape index (κ2) is 3.96. The quantitative estimate of drug-likeness (QED) is 0.759. The Hall–Kier alpha value is -2.10. The fourth-order valence-corrected chi connectivity index (χ4v) is 1.39. The van der Waals surface area contributed by atoms with Gasteiger partial charge in [0.2, 0.25) is 0 Å². The van der Waals surface area contributed by atoms with E-state index < -0.39 is 0 Å². The van der Waals surface area contributed by atoms with Crippen molar-refractivity contribution >= 4 is 5.82 Å². The van der Waals surface area contributed by atoms with Crippen LogP contribution in [0.4, 0.5) is 5.82 Å². The summed E-state index contributed by atoms with van der Waals surface area (Å²) in [5.41, 5.74) is 7.18. The van der Waals surface area contributed by atoms with Gasteiger partial charge in [-0.1, -0.05) is 30.3 Å². The van der Waals surface area contributed by atoms with Gasteiger partial charge >= 0.3 is 0 Å². The first-order valence-electron chi connectivity index (χ1n) is 4.63. The number of benzene rings is 1. The lowest BCUT2D eigenvalue weighted by atomic mass is 10.1. The molecule has 0 amide bonds. The maximum absolute atomic E-state index is 11.1. The van der Waals surface area contributed by atoms with Crippen molar-refractivity contribution in [1.29, 1.82) is 0 Å². The smallest absolute Gasteiger partial charge is 0.266 e. The zero-order valence-corrected chi connectivity index (χ0v) is 8.10. The SMILES string of the molecule is Nc1ncc(=O)[nH]c1Cc1ccccc1. The molecule has 0 saturated carbocycles. The van der Waals surface area contributed by atoms with E-state index in [0.29, 0.717) is 17.9 Å². The Morgan fingerprint density at radius 3 is 2.73 bits per heavy atom. The molecule has 0 bridgehead atoms. The number of aromatic nitrogens is 2. The van der Waals surface area contributed by atoms with Gasteiger partial charge in [0.05, 0.1) is 11.9 Å². The molecule has 0 aliphatic rings. The summed E-state index contributed by atoms with van der Waals surface area (Å²) in [6.45, 7) is 0. The molecule has 4 nitrogen and oxygen atoms in total. The van der Waals surface area contributed by atoms with Crippen LogP contribution in [0.3, 0.4) is 0 Å². The minimum Gasteiger partial charge on any atom is -0.382 e. The lowest BCUT2D eigenvalue weighted by Gasteiger charge is -2.03. The van der Waals surface area contributed by atoms with Crippen LogP contribution >= 0.6 is 0 Å². The molecule has 0 aliphatic carbocycles. The molecule has 1 aromatic carbocycles. The predicted octanol–water partition coefficient (Wildman–Crippen LogP) is 0.943. The summed E-state index contributed by atoms with van der Waals surface area (Å²) >= 11 is 0. The molecule has 0 radical (unpaired) electrons. The molecule has 15 heavy (non-hydrogen) atoms. The van der Waals surface area contributed by atoms with E-state index in [1.807, 2.05) is 30.3 Å². The van der Waals surface area contributed by atoms with Gasteiger partial charge in [0.25, 0.3) is 5.56 Å². The highest BCUT2D eigenvalue weighted by atomic mass is 16.1. The van der Waals surface area contributed by atoms with E-state index in [9.17, 15) is 4.79 Å². The predicted molar refractivity (Wildman–Crippen MR) is 58.5 cm³/mol. The molecule has 4 heteroatoms. The number of nitrogen functional groups attached to an aromatic ring is 1. The number of rotatable bonds is 2. The average molecular weight is 201 g/mol. The maximum atomic E-state index is 11.1. The van der Waals surface area contributed by atoms with E-state index in [1.54, 1.807) is 0 Å². The van der Waals surface area contributed by atoms with Crippen molar-refractivity contribution in [3.63, 3.8) is 0 Å². The van der Waals surface area contributed by atoms with Gasteiger partial charge in [-0.15, -0.1) is 0 Å². The van der Waals surface area contributed by atoms with Crippen molar-refractivity contribution in [2.45, 2.75) is 6.42 Å². The lowest BCUT2D eigenvalue weighted by Crippen LogP contribution is -2.12. The van der Waals surface area contributed by atoms with E-state index >= 15 is 0 Å². The van der Waals surface area contributed by atoms with Gasteiger partial charge in [-0.05, 0) is 5.56 Å². The van der Waals surface area contributed by atoms with Crippen LogP contribution in [0.5, 0.6) is 0 Å². The molecule has 0 spiro atoms. The van der Waals surface area contributed by atoms with Gasteiger partial charge < -0.3 is 10.7 Å². The molecule has 0 atom stereocenters. The number of hydrogen-bond acceptors (Lipinski definition) is 3. The van der Waals surface area contributed by atoms with Crippen LogP contribution in [0.15, 0.2) is 41.3 Å². The van der Waals surface area contributed by atoms with Crippen molar-refractivity contribution in [2.24, 2.45) is 0 Å². The first-order chi connectivity index (χ1) is 7.25. The number of anilines is 1. The minimum absolute atomic E-state index is 0.227. The molecule has 3 N–H and O–H groups in total. The molecule has 2 aromatic rings. The largest absolute Gasteiger partial charge is 0.382 e. The van der Waals surface area contributed by atoms with Crippen LogP contribution in [-0.2, 0) is 6.42 Å². The zero-order chi connectivity index (χ0) is 10.7. The van der Waals surface area contributed by atoms with Crippen LogP contribution in [0, 0.1) is 0 Å². The molecular weight excluding hydrogens is 190 g/mol. The normalized spacial score (nSPS) is 10.1. The molecule has 0 saturated heterocycles. The molecule has 1 aromatic heterocycles. The van der Waals surface area contributed by atoms with E-state index in [4.69, 9.17) is 5.73 Å². The summed E-state index contributed by atoms with van der Waals surface area (Å²) in [6.07, 6.45) is 1.78. The number of H-pyrrole nitrogens is 1. The van der Waals surface area contributed by atoms with Crippen molar-refractivity contribution in [3.8, 4) is 0 Å². The highest BCUT2D eigenvalue weighted by molar-refractivity contribution is 5.36. The first kappa shape index (κ1) is 9.45. The first-order valence-corrected chi connectivity index (χ1v) is 4.63. The second-order valence-electron chi connectivity index (χ2n) is 3.27. The monoisotopic (exact) mass is 201 g/mol. The Kier molecular flexibility index (Phi) is 2.49. The third kappa shape index (κ3) is 2.22.